The van der Waals surface area contributed by atoms with E-state index in [0.29, 0.717) is 11.6 Å². The Bertz CT molecular complexity index is 601. The number of hydrogen-bond donors (Lipinski definition) is 1. The number of para-hydroxylation sites is 1. The Hall–Kier alpha value is -1.58. The van der Waals surface area contributed by atoms with Crippen LogP contribution < -0.4 is 10.6 Å². The van der Waals surface area contributed by atoms with Crippen LogP contribution in [0.1, 0.15) is 17.2 Å². The van der Waals surface area contributed by atoms with Crippen molar-refractivity contribution in [1.82, 2.24) is 0 Å². The molecule has 2 N–H and O–H groups in total. The summed E-state index contributed by atoms with van der Waals surface area (Å²) in [5.74, 6) is -0.340. The number of aryl methyl sites for hydroxylation is 1. The van der Waals surface area contributed by atoms with Crippen LogP contribution in [0.4, 0.5) is 10.1 Å². The predicted molar refractivity (Wildman–Crippen MR) is 82.8 cm³/mol. The lowest BCUT2D eigenvalue weighted by Crippen LogP contribution is -2.31. The summed E-state index contributed by atoms with van der Waals surface area (Å²) in [6, 6.07) is 12.4. The van der Waals surface area contributed by atoms with Gasteiger partial charge >= 0.3 is 0 Å². The van der Waals surface area contributed by atoms with Crippen LogP contribution in [0.25, 0.3) is 0 Å². The van der Waals surface area contributed by atoms with Gasteiger partial charge in [0.25, 0.3) is 0 Å². The molecule has 0 fully saturated rings. The van der Waals surface area contributed by atoms with Crippen molar-refractivity contribution in [3.8, 4) is 0 Å². The van der Waals surface area contributed by atoms with Gasteiger partial charge in [-0.2, -0.15) is 0 Å². The van der Waals surface area contributed by atoms with E-state index in [-0.39, 0.29) is 11.9 Å². The van der Waals surface area contributed by atoms with Gasteiger partial charge in [-0.3, -0.25) is 0 Å². The van der Waals surface area contributed by atoms with Crippen LogP contribution in [0.15, 0.2) is 42.5 Å². The summed E-state index contributed by atoms with van der Waals surface area (Å²) in [6.07, 6.45) is 0. The third kappa shape index (κ3) is 2.94. The smallest absolute Gasteiger partial charge is 0.124 e. The second-order valence-electron chi connectivity index (χ2n) is 4.81. The Balaban J connectivity index is 2.39. The average Bonchev–Trinajstić information content (AvgIpc) is 2.42. The second kappa shape index (κ2) is 6.25. The first-order valence-electron chi connectivity index (χ1n) is 6.48. The van der Waals surface area contributed by atoms with E-state index in [0.717, 1.165) is 16.8 Å². The van der Waals surface area contributed by atoms with Gasteiger partial charge in [0, 0.05) is 24.3 Å². The number of hydrogen-bond acceptors (Lipinski definition) is 2. The molecular formula is C16H18ClFN2. The fourth-order valence-corrected chi connectivity index (χ4v) is 2.69. The standard InChI is InChI=1S/C16H18ClFN2/c1-11-5-3-4-6-15(11)20(2)16(10-19)13-8-7-12(18)9-14(13)17/h3-9,16H,10,19H2,1-2H3. The van der Waals surface area contributed by atoms with Crippen molar-refractivity contribution < 1.29 is 4.39 Å². The van der Waals surface area contributed by atoms with Gasteiger partial charge in [-0.1, -0.05) is 35.9 Å². The van der Waals surface area contributed by atoms with Gasteiger partial charge in [0.05, 0.1) is 6.04 Å². The number of likely N-dealkylation sites (N-methyl/N-ethyl adjacent to an activating group) is 1. The zero-order chi connectivity index (χ0) is 14.7. The largest absolute Gasteiger partial charge is 0.366 e. The summed E-state index contributed by atoms with van der Waals surface area (Å²) >= 11 is 6.15. The molecule has 0 aliphatic heterocycles. The molecular weight excluding hydrogens is 275 g/mol. The minimum atomic E-state index is -0.340. The molecule has 1 atom stereocenters. The SMILES string of the molecule is Cc1ccccc1N(C)C(CN)c1ccc(F)cc1Cl. The molecule has 0 amide bonds. The summed E-state index contributed by atoms with van der Waals surface area (Å²) in [6.45, 7) is 2.45. The van der Waals surface area contributed by atoms with Crippen molar-refractivity contribution in [2.24, 2.45) is 5.73 Å². The van der Waals surface area contributed by atoms with E-state index in [1.807, 2.05) is 38.2 Å². The van der Waals surface area contributed by atoms with Crippen molar-refractivity contribution in [3.05, 3.63) is 64.4 Å². The van der Waals surface area contributed by atoms with E-state index in [2.05, 4.69) is 4.90 Å². The molecule has 2 rings (SSSR count). The molecule has 0 saturated carbocycles. The first-order valence-corrected chi connectivity index (χ1v) is 6.86. The highest BCUT2D eigenvalue weighted by Crippen LogP contribution is 2.31. The summed E-state index contributed by atoms with van der Waals surface area (Å²) in [4.78, 5) is 2.08. The number of rotatable bonds is 4. The van der Waals surface area contributed by atoms with Gasteiger partial charge in [-0.25, -0.2) is 4.39 Å². The van der Waals surface area contributed by atoms with Gasteiger partial charge in [0.2, 0.25) is 0 Å². The molecule has 0 aliphatic rings. The van der Waals surface area contributed by atoms with Crippen LogP contribution in [0.2, 0.25) is 5.02 Å². The first-order chi connectivity index (χ1) is 9.54. The molecule has 2 aromatic rings. The predicted octanol–water partition coefficient (Wildman–Crippen LogP) is 3.92. The average molecular weight is 293 g/mol. The van der Waals surface area contributed by atoms with E-state index >= 15 is 0 Å². The lowest BCUT2D eigenvalue weighted by atomic mass is 10.0. The summed E-state index contributed by atoms with van der Waals surface area (Å²) < 4.78 is 13.2. The van der Waals surface area contributed by atoms with E-state index in [1.165, 1.54) is 12.1 Å². The minimum absolute atomic E-state index is 0.0933. The Morgan fingerprint density at radius 2 is 1.95 bits per heavy atom. The Labute approximate surface area is 124 Å². The van der Waals surface area contributed by atoms with Crippen molar-refractivity contribution in [2.45, 2.75) is 13.0 Å². The fourth-order valence-electron chi connectivity index (χ4n) is 2.39. The Kier molecular flexibility index (Phi) is 4.63. The van der Waals surface area contributed by atoms with Crippen LogP contribution in [0.3, 0.4) is 0 Å². The van der Waals surface area contributed by atoms with Crippen molar-refractivity contribution in [1.29, 1.82) is 0 Å². The topological polar surface area (TPSA) is 29.3 Å². The maximum absolute atomic E-state index is 13.2. The van der Waals surface area contributed by atoms with Gasteiger partial charge in [0.15, 0.2) is 0 Å². The van der Waals surface area contributed by atoms with Crippen molar-refractivity contribution in [2.75, 3.05) is 18.5 Å². The zero-order valence-corrected chi connectivity index (χ0v) is 12.4. The Morgan fingerprint density at radius 1 is 1.25 bits per heavy atom. The summed E-state index contributed by atoms with van der Waals surface area (Å²) in [5, 5.41) is 0.404. The molecule has 0 aromatic heterocycles. The molecule has 0 bridgehead atoms. The van der Waals surface area contributed by atoms with Crippen LogP contribution in [-0.4, -0.2) is 13.6 Å². The van der Waals surface area contributed by atoms with Crippen LogP contribution in [0, 0.1) is 12.7 Å². The number of halogens is 2. The summed E-state index contributed by atoms with van der Waals surface area (Å²) in [5.41, 5.74) is 8.99. The van der Waals surface area contributed by atoms with Crippen LogP contribution in [0.5, 0.6) is 0 Å². The van der Waals surface area contributed by atoms with E-state index in [4.69, 9.17) is 17.3 Å². The monoisotopic (exact) mass is 292 g/mol. The van der Waals surface area contributed by atoms with E-state index in [9.17, 15) is 4.39 Å². The highest BCUT2D eigenvalue weighted by atomic mass is 35.5. The van der Waals surface area contributed by atoms with E-state index in [1.54, 1.807) is 6.07 Å². The molecule has 20 heavy (non-hydrogen) atoms. The van der Waals surface area contributed by atoms with Crippen molar-refractivity contribution in [3.63, 3.8) is 0 Å². The Morgan fingerprint density at radius 3 is 2.55 bits per heavy atom. The molecule has 0 heterocycles. The molecule has 0 saturated heterocycles. The second-order valence-corrected chi connectivity index (χ2v) is 5.22. The third-order valence-electron chi connectivity index (χ3n) is 3.51. The van der Waals surface area contributed by atoms with Crippen LogP contribution in [-0.2, 0) is 0 Å². The van der Waals surface area contributed by atoms with Gasteiger partial charge in [-0.15, -0.1) is 0 Å². The quantitative estimate of drug-likeness (QED) is 0.925. The third-order valence-corrected chi connectivity index (χ3v) is 3.84. The number of nitrogens with two attached hydrogens (primary N) is 1. The van der Waals surface area contributed by atoms with Crippen molar-refractivity contribution >= 4 is 17.3 Å². The number of nitrogens with zero attached hydrogens (tertiary/aromatic N) is 1. The first kappa shape index (κ1) is 14.8. The lowest BCUT2D eigenvalue weighted by Gasteiger charge is -2.31. The molecule has 2 aromatic carbocycles. The number of benzene rings is 2. The highest BCUT2D eigenvalue weighted by molar-refractivity contribution is 6.31. The normalized spacial score (nSPS) is 12.2. The molecule has 0 radical (unpaired) electrons. The molecule has 0 spiro atoms. The lowest BCUT2D eigenvalue weighted by molar-refractivity contribution is 0.622. The fraction of sp³-hybridized carbons (Fsp3) is 0.250. The maximum atomic E-state index is 13.2. The molecule has 106 valence electrons. The minimum Gasteiger partial charge on any atom is -0.366 e. The maximum Gasteiger partial charge on any atom is 0.124 e. The molecule has 1 unspecified atom stereocenters. The highest BCUT2D eigenvalue weighted by Gasteiger charge is 2.20. The molecule has 2 nitrogen and oxygen atoms in total. The van der Waals surface area contributed by atoms with Gasteiger partial charge in [0.1, 0.15) is 5.82 Å². The summed E-state index contributed by atoms with van der Waals surface area (Å²) in [7, 11) is 1.97. The zero-order valence-electron chi connectivity index (χ0n) is 11.6. The molecule has 4 heteroatoms. The van der Waals surface area contributed by atoms with E-state index < -0.39 is 0 Å². The van der Waals surface area contributed by atoms with Crippen LogP contribution >= 0.6 is 11.6 Å². The molecule has 0 aliphatic carbocycles. The van der Waals surface area contributed by atoms with Gasteiger partial charge < -0.3 is 10.6 Å². The number of anilines is 1. The van der Waals surface area contributed by atoms with Gasteiger partial charge in [-0.05, 0) is 36.2 Å².